The fourth-order valence-corrected chi connectivity index (χ4v) is 2.77. The normalized spacial score (nSPS) is 13.0. The predicted octanol–water partition coefficient (Wildman–Crippen LogP) is 1.08. The lowest BCUT2D eigenvalue weighted by Gasteiger charge is -2.12. The van der Waals surface area contributed by atoms with Crippen molar-refractivity contribution < 1.29 is 0 Å². The molecule has 0 aliphatic heterocycles. The van der Waals surface area contributed by atoms with E-state index in [4.69, 9.17) is 0 Å². The number of hydrogen-bond donors (Lipinski definition) is 1. The van der Waals surface area contributed by atoms with Crippen molar-refractivity contribution in [3.63, 3.8) is 0 Å². The van der Waals surface area contributed by atoms with E-state index < -0.39 is 0 Å². The number of aromatic amines is 1. The Morgan fingerprint density at radius 3 is 3.05 bits per heavy atom. The first kappa shape index (κ1) is 12.7. The number of hydrogen-bond acceptors (Lipinski definition) is 5. The second-order valence-electron chi connectivity index (χ2n) is 5.18. The molecule has 4 aromatic rings. The molecule has 0 fully saturated rings. The third kappa shape index (κ3) is 1.67. The fourth-order valence-electron chi connectivity index (χ4n) is 2.77. The molecule has 22 heavy (non-hydrogen) atoms. The summed E-state index contributed by atoms with van der Waals surface area (Å²) in [6.45, 7) is 4.02. The van der Waals surface area contributed by atoms with Gasteiger partial charge in [0.15, 0.2) is 11.2 Å². The van der Waals surface area contributed by atoms with Gasteiger partial charge in [-0.05, 0) is 19.9 Å². The van der Waals surface area contributed by atoms with Crippen molar-refractivity contribution in [1.82, 2.24) is 34.1 Å². The minimum Gasteiger partial charge on any atom is -0.311 e. The molecule has 0 bridgehead atoms. The number of imidazole rings is 1. The van der Waals surface area contributed by atoms with Gasteiger partial charge in [-0.3, -0.25) is 4.79 Å². The number of nitrogens with one attached hydrogen (secondary N) is 1. The number of fused-ring (bicyclic) bond motifs is 2. The van der Waals surface area contributed by atoms with E-state index in [9.17, 15) is 4.79 Å². The molecular weight excluding hydrogens is 282 g/mol. The van der Waals surface area contributed by atoms with Gasteiger partial charge in [0, 0.05) is 11.3 Å². The zero-order chi connectivity index (χ0) is 15.3. The fraction of sp³-hybridized carbons (Fsp3) is 0.214. The van der Waals surface area contributed by atoms with Gasteiger partial charge in [-0.25, -0.2) is 19.5 Å². The molecule has 0 spiro atoms. The van der Waals surface area contributed by atoms with E-state index in [-0.39, 0.29) is 11.6 Å². The van der Waals surface area contributed by atoms with Crippen molar-refractivity contribution in [2.24, 2.45) is 0 Å². The van der Waals surface area contributed by atoms with Gasteiger partial charge in [-0.15, -0.1) is 0 Å². The Morgan fingerprint density at radius 1 is 1.32 bits per heavy atom. The second kappa shape index (κ2) is 4.48. The van der Waals surface area contributed by atoms with E-state index in [0.717, 1.165) is 16.8 Å². The van der Waals surface area contributed by atoms with Gasteiger partial charge in [0.25, 0.3) is 5.56 Å². The van der Waals surface area contributed by atoms with Crippen LogP contribution in [0.15, 0.2) is 36.0 Å². The molecule has 0 saturated heterocycles. The molecular formula is C14H13N7O. The molecule has 4 rings (SSSR count). The van der Waals surface area contributed by atoms with Crippen LogP contribution in [0.4, 0.5) is 0 Å². The second-order valence-corrected chi connectivity index (χ2v) is 5.18. The highest BCUT2D eigenvalue weighted by Gasteiger charge is 2.18. The molecule has 4 aromatic heterocycles. The summed E-state index contributed by atoms with van der Waals surface area (Å²) in [6, 6.07) is 2.02. The lowest BCUT2D eigenvalue weighted by Crippen LogP contribution is -2.10. The number of nitrogens with zero attached hydrogens (tertiary/aromatic N) is 6. The maximum atomic E-state index is 11.8. The van der Waals surface area contributed by atoms with Crippen LogP contribution in [0.1, 0.15) is 24.2 Å². The quantitative estimate of drug-likeness (QED) is 0.597. The van der Waals surface area contributed by atoms with E-state index in [1.807, 2.05) is 22.9 Å². The zero-order valence-corrected chi connectivity index (χ0v) is 12.1. The molecule has 0 amide bonds. The summed E-state index contributed by atoms with van der Waals surface area (Å²) >= 11 is 0. The first-order chi connectivity index (χ1) is 10.7. The van der Waals surface area contributed by atoms with Crippen molar-refractivity contribution in [2.75, 3.05) is 0 Å². The molecule has 1 N–H and O–H groups in total. The Kier molecular flexibility index (Phi) is 2.59. The standard InChI is InChI=1S/C14H13N7O/c1-8-3-10(11-4-15-5-19-21(8)11)9(2)20-7-18-12-13(20)16-6-17-14(12)22/h3-7,9H,1-2H3,(H,16,17,22). The molecule has 0 aliphatic rings. The van der Waals surface area contributed by atoms with Crippen molar-refractivity contribution in [3.8, 4) is 0 Å². The Hall–Kier alpha value is -3.03. The highest BCUT2D eigenvalue weighted by Crippen LogP contribution is 2.26. The molecule has 0 aliphatic carbocycles. The van der Waals surface area contributed by atoms with Crippen molar-refractivity contribution in [1.29, 1.82) is 0 Å². The molecule has 1 unspecified atom stereocenters. The summed E-state index contributed by atoms with van der Waals surface area (Å²) in [7, 11) is 0. The Balaban J connectivity index is 1.94. The lowest BCUT2D eigenvalue weighted by molar-refractivity contribution is 0.656. The van der Waals surface area contributed by atoms with Gasteiger partial charge in [0.2, 0.25) is 0 Å². The van der Waals surface area contributed by atoms with Gasteiger partial charge >= 0.3 is 0 Å². The molecule has 1 atom stereocenters. The first-order valence-corrected chi connectivity index (χ1v) is 6.85. The van der Waals surface area contributed by atoms with Crippen LogP contribution in [0.2, 0.25) is 0 Å². The third-order valence-corrected chi connectivity index (χ3v) is 3.89. The molecule has 0 aromatic carbocycles. The minimum absolute atomic E-state index is 0.0472. The Morgan fingerprint density at radius 2 is 2.18 bits per heavy atom. The highest BCUT2D eigenvalue weighted by molar-refractivity contribution is 5.69. The van der Waals surface area contributed by atoms with Gasteiger partial charge in [-0.1, -0.05) is 0 Å². The van der Waals surface area contributed by atoms with Crippen LogP contribution >= 0.6 is 0 Å². The number of H-pyrrole nitrogens is 1. The summed E-state index contributed by atoms with van der Waals surface area (Å²) in [5.41, 5.74) is 3.67. The zero-order valence-electron chi connectivity index (χ0n) is 12.1. The van der Waals surface area contributed by atoms with Crippen LogP contribution < -0.4 is 5.56 Å². The summed E-state index contributed by atoms with van der Waals surface area (Å²) in [5, 5.41) is 4.25. The monoisotopic (exact) mass is 295 g/mol. The van der Waals surface area contributed by atoms with Crippen LogP contribution in [-0.2, 0) is 0 Å². The first-order valence-electron chi connectivity index (χ1n) is 6.85. The van der Waals surface area contributed by atoms with Crippen molar-refractivity contribution >= 4 is 16.7 Å². The van der Waals surface area contributed by atoms with Crippen molar-refractivity contribution in [2.45, 2.75) is 19.9 Å². The molecule has 8 nitrogen and oxygen atoms in total. The highest BCUT2D eigenvalue weighted by atomic mass is 16.1. The number of rotatable bonds is 2. The summed E-state index contributed by atoms with van der Waals surface area (Å²) in [5.74, 6) is 0. The number of aryl methyl sites for hydroxylation is 1. The number of aromatic nitrogens is 7. The maximum absolute atomic E-state index is 11.8. The van der Waals surface area contributed by atoms with E-state index >= 15 is 0 Å². The average Bonchev–Trinajstić information content (AvgIpc) is 3.10. The SMILES string of the molecule is Cc1cc(C(C)n2cnc3c(=O)[nH]cnc32)c2cncnn12. The summed E-state index contributed by atoms with van der Waals surface area (Å²) in [6.07, 6.45) is 6.33. The molecule has 4 heterocycles. The largest absolute Gasteiger partial charge is 0.311 e. The smallest absolute Gasteiger partial charge is 0.278 e. The topological polar surface area (TPSA) is 93.8 Å². The van der Waals surface area contributed by atoms with E-state index in [1.165, 1.54) is 12.7 Å². The summed E-state index contributed by atoms with van der Waals surface area (Å²) < 4.78 is 3.73. The van der Waals surface area contributed by atoms with Gasteiger partial charge in [-0.2, -0.15) is 5.10 Å². The van der Waals surface area contributed by atoms with E-state index in [1.54, 1.807) is 12.5 Å². The third-order valence-electron chi connectivity index (χ3n) is 3.89. The molecule has 110 valence electrons. The van der Waals surface area contributed by atoms with Crippen LogP contribution in [0, 0.1) is 6.92 Å². The van der Waals surface area contributed by atoms with E-state index in [0.29, 0.717) is 11.2 Å². The summed E-state index contributed by atoms with van der Waals surface area (Å²) in [4.78, 5) is 26.8. The Labute approximate surface area is 124 Å². The van der Waals surface area contributed by atoms with Gasteiger partial charge in [0.05, 0.1) is 30.4 Å². The maximum Gasteiger partial charge on any atom is 0.278 e. The van der Waals surface area contributed by atoms with E-state index in [2.05, 4.69) is 31.1 Å². The minimum atomic E-state index is -0.239. The average molecular weight is 295 g/mol. The van der Waals surface area contributed by atoms with Crippen LogP contribution in [0.5, 0.6) is 0 Å². The lowest BCUT2D eigenvalue weighted by atomic mass is 10.1. The van der Waals surface area contributed by atoms with Crippen molar-refractivity contribution in [3.05, 3.63) is 52.9 Å². The molecule has 8 heteroatoms. The van der Waals surface area contributed by atoms with Crippen LogP contribution in [0.3, 0.4) is 0 Å². The van der Waals surface area contributed by atoms with Gasteiger partial charge < -0.3 is 9.55 Å². The Bertz CT molecular complexity index is 1040. The molecule has 0 radical (unpaired) electrons. The predicted molar refractivity (Wildman–Crippen MR) is 79.7 cm³/mol. The van der Waals surface area contributed by atoms with Crippen LogP contribution in [0.25, 0.3) is 16.7 Å². The van der Waals surface area contributed by atoms with Crippen LogP contribution in [-0.4, -0.2) is 34.1 Å². The van der Waals surface area contributed by atoms with Gasteiger partial charge in [0.1, 0.15) is 6.33 Å². The molecule has 0 saturated carbocycles.